The monoisotopic (exact) mass is 437 g/mol. The number of aromatic nitrogens is 1. The Morgan fingerprint density at radius 1 is 1.22 bits per heavy atom. The third kappa shape index (κ3) is 4.35. The third-order valence-electron chi connectivity index (χ3n) is 6.64. The van der Waals surface area contributed by atoms with E-state index in [1.807, 2.05) is 25.1 Å². The topological polar surface area (TPSA) is 67.6 Å². The number of fused-ring (bicyclic) bond motifs is 2. The number of amides is 1. The zero-order valence-corrected chi connectivity index (χ0v) is 18.3. The summed E-state index contributed by atoms with van der Waals surface area (Å²) < 4.78 is 24.6. The van der Waals surface area contributed by atoms with Crippen LogP contribution in [0.3, 0.4) is 0 Å². The van der Waals surface area contributed by atoms with E-state index in [-0.39, 0.29) is 17.6 Å². The number of rotatable bonds is 6. The van der Waals surface area contributed by atoms with Crippen molar-refractivity contribution in [1.29, 1.82) is 0 Å². The number of ether oxygens (including phenoxy) is 1. The lowest BCUT2D eigenvalue weighted by Crippen LogP contribution is -2.34. The number of carbonyl (C=O) groups excluding carboxylic acids is 1. The lowest BCUT2D eigenvalue weighted by Gasteiger charge is -2.31. The first-order chi connectivity index (χ1) is 15.6. The SMILES string of the molecule is C[C@H]1Cc2ccc(OCCCN3CCC(c4noc5cc(F)ccc45)CC3)cc2NC1=O. The Kier molecular flexibility index (Phi) is 5.83. The molecular weight excluding hydrogens is 409 g/mol. The van der Waals surface area contributed by atoms with Crippen LogP contribution in [0, 0.1) is 11.7 Å². The van der Waals surface area contributed by atoms with Gasteiger partial charge in [0.15, 0.2) is 5.58 Å². The van der Waals surface area contributed by atoms with Crippen molar-refractivity contribution in [1.82, 2.24) is 10.1 Å². The van der Waals surface area contributed by atoms with Crippen LogP contribution in [0.4, 0.5) is 10.1 Å². The van der Waals surface area contributed by atoms with Gasteiger partial charge in [-0.2, -0.15) is 0 Å². The Morgan fingerprint density at radius 3 is 2.91 bits per heavy atom. The predicted octanol–water partition coefficient (Wildman–Crippen LogP) is 4.75. The summed E-state index contributed by atoms with van der Waals surface area (Å²) in [6.45, 7) is 5.58. The molecule has 3 heterocycles. The van der Waals surface area contributed by atoms with E-state index in [0.29, 0.717) is 18.1 Å². The lowest BCUT2D eigenvalue weighted by molar-refractivity contribution is -0.119. The molecule has 32 heavy (non-hydrogen) atoms. The summed E-state index contributed by atoms with van der Waals surface area (Å²) in [5.74, 6) is 0.939. The highest BCUT2D eigenvalue weighted by atomic mass is 19.1. The Balaban J connectivity index is 1.08. The van der Waals surface area contributed by atoms with Crippen molar-refractivity contribution < 1.29 is 18.4 Å². The molecule has 1 aromatic heterocycles. The molecule has 3 aromatic rings. The normalized spacial score (nSPS) is 19.7. The average molecular weight is 438 g/mol. The van der Waals surface area contributed by atoms with Gasteiger partial charge in [-0.25, -0.2) is 4.39 Å². The second-order valence-corrected chi connectivity index (χ2v) is 8.94. The van der Waals surface area contributed by atoms with Crippen LogP contribution in [0.2, 0.25) is 0 Å². The molecule has 7 heteroatoms. The smallest absolute Gasteiger partial charge is 0.227 e. The van der Waals surface area contributed by atoms with Crippen molar-refractivity contribution in [3.05, 3.63) is 53.5 Å². The highest BCUT2D eigenvalue weighted by Crippen LogP contribution is 2.33. The second kappa shape index (κ2) is 8.90. The maximum Gasteiger partial charge on any atom is 0.227 e. The van der Waals surface area contributed by atoms with Crippen LogP contribution in [0.15, 0.2) is 40.9 Å². The van der Waals surface area contributed by atoms with Crippen LogP contribution < -0.4 is 10.1 Å². The number of halogens is 1. The number of nitrogens with one attached hydrogen (secondary N) is 1. The number of piperidine rings is 1. The minimum atomic E-state index is -0.299. The van der Waals surface area contributed by atoms with Gasteiger partial charge in [0.1, 0.15) is 11.6 Å². The van der Waals surface area contributed by atoms with E-state index in [0.717, 1.165) is 73.4 Å². The summed E-state index contributed by atoms with van der Waals surface area (Å²) in [6, 6.07) is 10.6. The Morgan fingerprint density at radius 2 is 2.06 bits per heavy atom. The molecule has 0 aliphatic carbocycles. The largest absolute Gasteiger partial charge is 0.493 e. The molecule has 2 aliphatic heterocycles. The van der Waals surface area contributed by atoms with E-state index in [4.69, 9.17) is 9.26 Å². The maximum atomic E-state index is 13.4. The van der Waals surface area contributed by atoms with Crippen molar-refractivity contribution in [3.63, 3.8) is 0 Å². The zero-order valence-electron chi connectivity index (χ0n) is 18.3. The minimum Gasteiger partial charge on any atom is -0.493 e. The van der Waals surface area contributed by atoms with E-state index < -0.39 is 0 Å². The number of hydrogen-bond donors (Lipinski definition) is 1. The van der Waals surface area contributed by atoms with Crippen molar-refractivity contribution in [2.24, 2.45) is 5.92 Å². The summed E-state index contributed by atoms with van der Waals surface area (Å²) in [5, 5.41) is 8.12. The van der Waals surface area contributed by atoms with E-state index in [1.165, 1.54) is 12.1 Å². The lowest BCUT2D eigenvalue weighted by atomic mass is 9.91. The van der Waals surface area contributed by atoms with E-state index in [1.54, 1.807) is 6.07 Å². The van der Waals surface area contributed by atoms with E-state index in [2.05, 4.69) is 15.4 Å². The number of likely N-dealkylation sites (tertiary alicyclic amines) is 1. The maximum absolute atomic E-state index is 13.4. The fourth-order valence-electron chi connectivity index (χ4n) is 4.75. The minimum absolute atomic E-state index is 0.0180. The van der Waals surface area contributed by atoms with Crippen molar-refractivity contribution in [2.45, 2.75) is 38.5 Å². The fourth-order valence-corrected chi connectivity index (χ4v) is 4.75. The van der Waals surface area contributed by atoms with Crippen LogP contribution in [-0.2, 0) is 11.2 Å². The van der Waals surface area contributed by atoms with Crippen molar-refractivity contribution in [3.8, 4) is 5.75 Å². The number of anilines is 1. The third-order valence-corrected chi connectivity index (χ3v) is 6.64. The molecule has 1 fully saturated rings. The molecule has 5 rings (SSSR count). The van der Waals surface area contributed by atoms with Gasteiger partial charge in [0.05, 0.1) is 12.3 Å². The Bertz CT molecular complexity index is 1120. The number of hydrogen-bond acceptors (Lipinski definition) is 5. The average Bonchev–Trinajstić information content (AvgIpc) is 3.21. The number of carbonyl (C=O) groups is 1. The molecule has 0 spiro atoms. The first-order valence-electron chi connectivity index (χ1n) is 11.4. The van der Waals surface area contributed by atoms with Gasteiger partial charge in [-0.1, -0.05) is 18.1 Å². The standard InChI is InChI=1S/C25H28FN3O3/c1-16-13-18-3-5-20(15-22(18)27-25(16)30)31-12-2-9-29-10-7-17(8-11-29)24-21-6-4-19(26)14-23(21)32-28-24/h3-6,14-17H,2,7-13H2,1H3,(H,27,30)/t16-/m0/s1. The van der Waals surface area contributed by atoms with Crippen LogP contribution in [0.25, 0.3) is 11.0 Å². The highest BCUT2D eigenvalue weighted by molar-refractivity contribution is 5.95. The van der Waals surface area contributed by atoms with Crippen molar-refractivity contribution >= 4 is 22.6 Å². The van der Waals surface area contributed by atoms with Crippen LogP contribution in [-0.4, -0.2) is 42.2 Å². The molecule has 0 unspecified atom stereocenters. The van der Waals surface area contributed by atoms with Crippen LogP contribution in [0.1, 0.15) is 43.4 Å². The van der Waals surface area contributed by atoms with Gasteiger partial charge in [-0.05, 0) is 62.5 Å². The first kappa shape index (κ1) is 20.9. The predicted molar refractivity (Wildman–Crippen MR) is 120 cm³/mol. The highest BCUT2D eigenvalue weighted by Gasteiger charge is 2.25. The molecule has 1 atom stereocenters. The van der Waals surface area contributed by atoms with Gasteiger partial charge in [-0.3, -0.25) is 4.79 Å². The summed E-state index contributed by atoms with van der Waals surface area (Å²) >= 11 is 0. The van der Waals surface area contributed by atoms with E-state index in [9.17, 15) is 9.18 Å². The Hall–Kier alpha value is -2.93. The Labute approximate surface area is 186 Å². The zero-order chi connectivity index (χ0) is 22.1. The summed E-state index contributed by atoms with van der Waals surface area (Å²) in [6.07, 6.45) is 3.75. The molecule has 1 saturated heterocycles. The number of benzene rings is 2. The van der Waals surface area contributed by atoms with Gasteiger partial charge in [0.2, 0.25) is 5.91 Å². The molecule has 2 aliphatic rings. The quantitative estimate of drug-likeness (QED) is 0.564. The molecule has 1 amide bonds. The van der Waals surface area contributed by atoms with Gasteiger partial charge in [-0.15, -0.1) is 0 Å². The molecule has 0 bridgehead atoms. The molecule has 168 valence electrons. The van der Waals surface area contributed by atoms with E-state index >= 15 is 0 Å². The molecular formula is C25H28FN3O3. The van der Waals surface area contributed by atoms with Gasteiger partial charge in [0, 0.05) is 41.6 Å². The summed E-state index contributed by atoms with van der Waals surface area (Å²) in [7, 11) is 0. The fraction of sp³-hybridized carbons (Fsp3) is 0.440. The molecule has 0 radical (unpaired) electrons. The molecule has 2 aromatic carbocycles. The summed E-state index contributed by atoms with van der Waals surface area (Å²) in [5.41, 5.74) is 3.51. The molecule has 0 saturated carbocycles. The van der Waals surface area contributed by atoms with Gasteiger partial charge in [0.25, 0.3) is 0 Å². The first-order valence-corrected chi connectivity index (χ1v) is 11.4. The number of nitrogens with zero attached hydrogens (tertiary/aromatic N) is 2. The second-order valence-electron chi connectivity index (χ2n) is 8.94. The van der Waals surface area contributed by atoms with Crippen LogP contribution in [0.5, 0.6) is 5.75 Å². The van der Waals surface area contributed by atoms with Crippen LogP contribution >= 0.6 is 0 Å². The summed E-state index contributed by atoms with van der Waals surface area (Å²) in [4.78, 5) is 14.4. The molecule has 6 nitrogen and oxygen atoms in total. The van der Waals surface area contributed by atoms with Gasteiger partial charge >= 0.3 is 0 Å². The molecule has 1 N–H and O–H groups in total. The van der Waals surface area contributed by atoms with Gasteiger partial charge < -0.3 is 19.5 Å². The van der Waals surface area contributed by atoms with Crippen molar-refractivity contribution in [2.75, 3.05) is 31.6 Å².